The van der Waals surface area contributed by atoms with E-state index in [1.54, 1.807) is 24.3 Å². The standard InChI is InChI=1S/C16H11F2N3S/c17-13-6-4-12(5-7-13)15-10-22-16(20-15)21-19-9-11-2-1-3-14(18)8-11/h1-10H,(H,20,21)/b19-9-. The van der Waals surface area contributed by atoms with Crippen molar-refractivity contribution in [3.8, 4) is 11.3 Å². The second kappa shape index (κ2) is 6.44. The summed E-state index contributed by atoms with van der Waals surface area (Å²) in [7, 11) is 0. The van der Waals surface area contributed by atoms with Crippen LogP contribution in [0.25, 0.3) is 11.3 Å². The molecule has 6 heteroatoms. The first-order valence-corrected chi connectivity index (χ1v) is 7.35. The Morgan fingerprint density at radius 2 is 1.86 bits per heavy atom. The largest absolute Gasteiger partial charge is 0.253 e. The van der Waals surface area contributed by atoms with E-state index in [1.165, 1.54) is 41.8 Å². The first kappa shape index (κ1) is 14.3. The van der Waals surface area contributed by atoms with Crippen molar-refractivity contribution in [2.45, 2.75) is 0 Å². The number of aromatic nitrogens is 1. The number of halogens is 2. The monoisotopic (exact) mass is 315 g/mol. The van der Waals surface area contributed by atoms with Gasteiger partial charge in [-0.25, -0.2) is 13.8 Å². The minimum atomic E-state index is -0.309. The van der Waals surface area contributed by atoms with E-state index in [0.29, 0.717) is 10.7 Å². The van der Waals surface area contributed by atoms with Crippen LogP contribution in [-0.4, -0.2) is 11.2 Å². The predicted molar refractivity (Wildman–Crippen MR) is 85.1 cm³/mol. The summed E-state index contributed by atoms with van der Waals surface area (Å²) in [5.41, 5.74) is 5.03. The molecule has 1 N–H and O–H groups in total. The number of anilines is 1. The lowest BCUT2D eigenvalue weighted by Gasteiger charge is -1.96. The molecule has 1 heterocycles. The molecule has 1 aromatic heterocycles. The SMILES string of the molecule is Fc1ccc(-c2csc(N/N=C\c3cccc(F)c3)n2)cc1. The van der Waals surface area contributed by atoms with Gasteiger partial charge in [-0.3, -0.25) is 5.43 Å². The van der Waals surface area contributed by atoms with Crippen molar-refractivity contribution in [2.75, 3.05) is 5.43 Å². The summed E-state index contributed by atoms with van der Waals surface area (Å²) in [5.74, 6) is -0.589. The molecule has 3 nitrogen and oxygen atoms in total. The van der Waals surface area contributed by atoms with Gasteiger partial charge in [-0.15, -0.1) is 11.3 Å². The van der Waals surface area contributed by atoms with Gasteiger partial charge in [0.05, 0.1) is 11.9 Å². The number of thiazole rings is 1. The van der Waals surface area contributed by atoms with Gasteiger partial charge >= 0.3 is 0 Å². The molecular weight excluding hydrogens is 304 g/mol. The van der Waals surface area contributed by atoms with Crippen molar-refractivity contribution >= 4 is 22.7 Å². The maximum Gasteiger partial charge on any atom is 0.203 e. The fourth-order valence-corrected chi connectivity index (χ4v) is 2.50. The molecule has 3 rings (SSSR count). The Hall–Kier alpha value is -2.60. The molecule has 110 valence electrons. The van der Waals surface area contributed by atoms with E-state index in [9.17, 15) is 8.78 Å². The quantitative estimate of drug-likeness (QED) is 0.567. The normalized spacial score (nSPS) is 11.0. The Labute approximate surface area is 130 Å². The van der Waals surface area contributed by atoms with Gasteiger partial charge in [-0.1, -0.05) is 12.1 Å². The summed E-state index contributed by atoms with van der Waals surface area (Å²) >= 11 is 1.38. The van der Waals surface area contributed by atoms with Gasteiger partial charge in [0.25, 0.3) is 0 Å². The number of hydrogen-bond donors (Lipinski definition) is 1. The molecule has 0 fully saturated rings. The highest BCUT2D eigenvalue weighted by molar-refractivity contribution is 7.14. The number of nitrogens with one attached hydrogen (secondary N) is 1. The average molecular weight is 315 g/mol. The Morgan fingerprint density at radius 3 is 2.64 bits per heavy atom. The molecule has 0 saturated heterocycles. The molecule has 0 aliphatic rings. The molecular formula is C16H11F2N3S. The molecule has 0 unspecified atom stereocenters. The van der Waals surface area contributed by atoms with Crippen LogP contribution in [0, 0.1) is 11.6 Å². The fraction of sp³-hybridized carbons (Fsp3) is 0. The summed E-state index contributed by atoms with van der Waals surface area (Å²) in [6, 6.07) is 12.3. The third kappa shape index (κ3) is 3.53. The van der Waals surface area contributed by atoms with Gasteiger partial charge in [0, 0.05) is 10.9 Å². The molecule has 3 aromatic rings. The Bertz CT molecular complexity index is 797. The highest BCUT2D eigenvalue weighted by atomic mass is 32.1. The minimum absolute atomic E-state index is 0.281. The van der Waals surface area contributed by atoms with Crippen LogP contribution in [0.3, 0.4) is 0 Å². The van der Waals surface area contributed by atoms with Gasteiger partial charge in [-0.2, -0.15) is 5.10 Å². The lowest BCUT2D eigenvalue weighted by atomic mass is 10.2. The van der Waals surface area contributed by atoms with Crippen LogP contribution in [0.5, 0.6) is 0 Å². The molecule has 0 aliphatic heterocycles. The van der Waals surface area contributed by atoms with E-state index in [0.717, 1.165) is 11.3 Å². The van der Waals surface area contributed by atoms with E-state index < -0.39 is 0 Å². The lowest BCUT2D eigenvalue weighted by molar-refractivity contribution is 0.627. The van der Waals surface area contributed by atoms with Crippen molar-refractivity contribution in [1.29, 1.82) is 0 Å². The Morgan fingerprint density at radius 1 is 1.05 bits per heavy atom. The van der Waals surface area contributed by atoms with Crippen LogP contribution < -0.4 is 5.43 Å². The fourth-order valence-electron chi connectivity index (χ4n) is 1.83. The van der Waals surface area contributed by atoms with Gasteiger partial charge in [0.1, 0.15) is 11.6 Å². The molecule has 22 heavy (non-hydrogen) atoms. The molecule has 0 saturated carbocycles. The van der Waals surface area contributed by atoms with Crippen LogP contribution in [-0.2, 0) is 0 Å². The number of hydrogen-bond acceptors (Lipinski definition) is 4. The van der Waals surface area contributed by atoms with Gasteiger partial charge in [0.2, 0.25) is 5.13 Å². The lowest BCUT2D eigenvalue weighted by Crippen LogP contribution is -1.90. The number of nitrogens with zero attached hydrogens (tertiary/aromatic N) is 2. The molecule has 2 aromatic carbocycles. The molecule has 0 aliphatic carbocycles. The average Bonchev–Trinajstić information content (AvgIpc) is 2.97. The van der Waals surface area contributed by atoms with Crippen LogP contribution in [0.15, 0.2) is 59.0 Å². The third-order valence-electron chi connectivity index (χ3n) is 2.87. The summed E-state index contributed by atoms with van der Waals surface area (Å²) in [4.78, 5) is 4.36. The maximum absolute atomic E-state index is 13.0. The van der Waals surface area contributed by atoms with Crippen molar-refractivity contribution in [3.63, 3.8) is 0 Å². The highest BCUT2D eigenvalue weighted by Gasteiger charge is 2.04. The van der Waals surface area contributed by atoms with Crippen molar-refractivity contribution < 1.29 is 8.78 Å². The first-order chi connectivity index (χ1) is 10.7. The van der Waals surface area contributed by atoms with Crippen LogP contribution in [0.2, 0.25) is 0 Å². The highest BCUT2D eigenvalue weighted by Crippen LogP contribution is 2.24. The van der Waals surface area contributed by atoms with E-state index in [4.69, 9.17) is 0 Å². The summed E-state index contributed by atoms with van der Waals surface area (Å²) in [5, 5.41) is 6.48. The Balaban J connectivity index is 1.68. The minimum Gasteiger partial charge on any atom is -0.253 e. The molecule has 0 bridgehead atoms. The van der Waals surface area contributed by atoms with E-state index in [1.807, 2.05) is 5.38 Å². The van der Waals surface area contributed by atoms with Crippen molar-refractivity contribution in [2.24, 2.45) is 5.10 Å². The second-order valence-electron chi connectivity index (χ2n) is 4.47. The molecule has 0 radical (unpaired) electrons. The van der Waals surface area contributed by atoms with Gasteiger partial charge in [0.15, 0.2) is 0 Å². The molecule has 0 atom stereocenters. The van der Waals surface area contributed by atoms with Crippen LogP contribution in [0.1, 0.15) is 5.56 Å². The van der Waals surface area contributed by atoms with E-state index in [2.05, 4.69) is 15.5 Å². The topological polar surface area (TPSA) is 37.3 Å². The molecule has 0 spiro atoms. The second-order valence-corrected chi connectivity index (χ2v) is 5.33. The van der Waals surface area contributed by atoms with Gasteiger partial charge in [-0.05, 0) is 42.0 Å². The number of hydrazone groups is 1. The molecule has 0 amide bonds. The van der Waals surface area contributed by atoms with Crippen molar-refractivity contribution in [3.05, 3.63) is 71.1 Å². The predicted octanol–water partition coefficient (Wildman–Crippen LogP) is 4.53. The van der Waals surface area contributed by atoms with E-state index in [-0.39, 0.29) is 11.6 Å². The summed E-state index contributed by atoms with van der Waals surface area (Å²) < 4.78 is 25.9. The Kier molecular flexibility index (Phi) is 4.20. The summed E-state index contributed by atoms with van der Waals surface area (Å²) in [6.07, 6.45) is 1.52. The first-order valence-electron chi connectivity index (χ1n) is 6.47. The van der Waals surface area contributed by atoms with Crippen molar-refractivity contribution in [1.82, 2.24) is 4.98 Å². The van der Waals surface area contributed by atoms with E-state index >= 15 is 0 Å². The number of benzene rings is 2. The maximum atomic E-state index is 13.0. The number of rotatable bonds is 4. The van der Waals surface area contributed by atoms with Crippen LogP contribution in [0.4, 0.5) is 13.9 Å². The zero-order valence-electron chi connectivity index (χ0n) is 11.3. The third-order valence-corrected chi connectivity index (χ3v) is 3.61. The van der Waals surface area contributed by atoms with Gasteiger partial charge < -0.3 is 0 Å². The van der Waals surface area contributed by atoms with Crippen LogP contribution >= 0.6 is 11.3 Å². The zero-order valence-corrected chi connectivity index (χ0v) is 12.1. The zero-order chi connectivity index (χ0) is 15.4. The summed E-state index contributed by atoms with van der Waals surface area (Å²) in [6.45, 7) is 0. The smallest absolute Gasteiger partial charge is 0.203 e.